The van der Waals surface area contributed by atoms with Gasteiger partial charge in [0.2, 0.25) is 0 Å². The highest BCUT2D eigenvalue weighted by Crippen LogP contribution is 1.73. The summed E-state index contributed by atoms with van der Waals surface area (Å²) >= 11 is 0. The van der Waals surface area contributed by atoms with E-state index in [0.29, 0.717) is 0 Å². The van der Waals surface area contributed by atoms with Crippen molar-refractivity contribution in [2.75, 3.05) is 0 Å². The van der Waals surface area contributed by atoms with Gasteiger partial charge in [-0.2, -0.15) is 15.4 Å². The molecular weight excluding hydrogens is 106 g/mol. The van der Waals surface area contributed by atoms with Crippen molar-refractivity contribution in [3.63, 3.8) is 0 Å². The van der Waals surface area contributed by atoms with Crippen molar-refractivity contribution in [2.24, 2.45) is 0 Å². The average Bonchev–Trinajstić information content (AvgIpc) is 1.91. The van der Waals surface area contributed by atoms with E-state index >= 15 is 0 Å². The Kier molecular flexibility index (Phi) is 0.939. The van der Waals surface area contributed by atoms with Crippen LogP contribution in [0.25, 0.3) is 0 Å². The van der Waals surface area contributed by atoms with Crippen LogP contribution in [-0.4, -0.2) is 25.7 Å². The third-order valence-corrected chi connectivity index (χ3v) is 1.20. The Morgan fingerprint density at radius 3 is 2.43 bits per heavy atom. The first-order valence-electron chi connectivity index (χ1n) is 1.89. The van der Waals surface area contributed by atoms with Crippen LogP contribution in [-0.2, 0) is 0 Å². The van der Waals surface area contributed by atoms with Crippen LogP contribution >= 0.6 is 0 Å². The van der Waals surface area contributed by atoms with Gasteiger partial charge in [-0.1, -0.05) is 0 Å². The van der Waals surface area contributed by atoms with Crippen molar-refractivity contribution in [3.8, 4) is 0 Å². The molecule has 0 saturated heterocycles. The summed E-state index contributed by atoms with van der Waals surface area (Å²) in [5.41, 5.74) is 0.886. The summed E-state index contributed by atoms with van der Waals surface area (Å²) in [4.78, 5) is 0. The molecule has 0 fully saturated rings. The molecule has 0 unspecified atom stereocenters. The summed E-state index contributed by atoms with van der Waals surface area (Å²) in [6.07, 6.45) is 0. The minimum Gasteiger partial charge on any atom is -0.198 e. The number of nitrogens with one attached hydrogen (secondary N) is 1. The fraction of sp³-hybridized carbons (Fsp3) is 0.333. The van der Waals surface area contributed by atoms with E-state index in [1.807, 2.05) is 6.92 Å². The maximum absolute atomic E-state index is 3.73. The molecule has 35 valence electrons. The molecule has 0 aliphatic rings. The minimum absolute atomic E-state index is 0.778. The lowest BCUT2D eigenvalue weighted by Crippen LogP contribution is -2.05. The summed E-state index contributed by atoms with van der Waals surface area (Å²) in [7, 11) is 3.21. The number of aromatic amines is 1. The molecule has 3 nitrogen and oxygen atoms in total. The first-order valence-corrected chi connectivity index (χ1v) is 2.39. The Morgan fingerprint density at radius 2 is 2.29 bits per heavy atom. The van der Waals surface area contributed by atoms with E-state index in [4.69, 9.17) is 0 Å². The highest BCUT2D eigenvalue weighted by atomic mass is 28.1. The fourth-order valence-corrected chi connectivity index (χ4v) is 0.390. The van der Waals surface area contributed by atoms with Crippen LogP contribution in [0.15, 0.2) is 0 Å². The van der Waals surface area contributed by atoms with E-state index in [2.05, 4.69) is 25.7 Å². The zero-order valence-corrected chi connectivity index (χ0v) is 4.89. The summed E-state index contributed by atoms with van der Waals surface area (Å²) in [6.45, 7) is 1.87. The molecule has 4 heteroatoms. The Hall–Kier alpha value is -0.643. The number of hydrogen-bond donors (Lipinski definition) is 1. The predicted molar refractivity (Wildman–Crippen MR) is 26.5 cm³/mol. The molecule has 0 spiro atoms. The molecule has 3 radical (unpaired) electrons. The number of nitrogens with zero attached hydrogens (tertiary/aromatic N) is 2. The van der Waals surface area contributed by atoms with Crippen molar-refractivity contribution >= 4 is 15.6 Å². The van der Waals surface area contributed by atoms with Crippen LogP contribution in [0.2, 0.25) is 0 Å². The van der Waals surface area contributed by atoms with E-state index in [1.54, 1.807) is 0 Å². The average molecular weight is 110 g/mol. The quantitative estimate of drug-likeness (QED) is 0.431. The van der Waals surface area contributed by atoms with Gasteiger partial charge in [0.1, 0.15) is 10.2 Å². The first kappa shape index (κ1) is 4.51. The van der Waals surface area contributed by atoms with Crippen LogP contribution in [0.1, 0.15) is 5.69 Å². The van der Waals surface area contributed by atoms with Crippen molar-refractivity contribution < 1.29 is 0 Å². The molecule has 1 aromatic rings. The summed E-state index contributed by atoms with van der Waals surface area (Å²) in [5, 5.41) is 10.7. The van der Waals surface area contributed by atoms with E-state index in [1.165, 1.54) is 0 Å². The molecule has 1 heterocycles. The molecule has 1 rings (SSSR count). The van der Waals surface area contributed by atoms with E-state index in [9.17, 15) is 0 Å². The second kappa shape index (κ2) is 1.46. The molecule has 0 aliphatic carbocycles. The van der Waals surface area contributed by atoms with Gasteiger partial charge in [-0.3, -0.25) is 0 Å². The normalized spacial score (nSPS) is 9.43. The number of hydrogen-bond acceptors (Lipinski definition) is 2. The standard InChI is InChI=1S/C3H4N3Si/c1-2-3(7)5-6-4-2/h1H3,(H,4,5,6). The fourth-order valence-electron chi connectivity index (χ4n) is 0.284. The molecule has 1 N–H and O–H groups in total. The molecule has 1 aromatic heterocycles. The van der Waals surface area contributed by atoms with Crippen molar-refractivity contribution in [1.29, 1.82) is 0 Å². The third-order valence-electron chi connectivity index (χ3n) is 0.722. The molecule has 0 atom stereocenters. The van der Waals surface area contributed by atoms with E-state index < -0.39 is 0 Å². The van der Waals surface area contributed by atoms with Crippen LogP contribution < -0.4 is 5.32 Å². The van der Waals surface area contributed by atoms with E-state index in [0.717, 1.165) is 11.0 Å². The minimum atomic E-state index is 0.778. The monoisotopic (exact) mass is 110 g/mol. The smallest absolute Gasteiger partial charge is 0.105 e. The van der Waals surface area contributed by atoms with Gasteiger partial charge in [0, 0.05) is 0 Å². The number of rotatable bonds is 0. The molecule has 0 saturated carbocycles. The SMILES string of the molecule is Cc1n[nH]nc1[Si]. The first-order chi connectivity index (χ1) is 3.30. The van der Waals surface area contributed by atoms with Gasteiger partial charge in [0.05, 0.1) is 11.0 Å². The zero-order chi connectivity index (χ0) is 5.28. The zero-order valence-electron chi connectivity index (χ0n) is 3.89. The number of aryl methyl sites for hydroxylation is 1. The number of aromatic nitrogens is 3. The van der Waals surface area contributed by atoms with Crippen molar-refractivity contribution in [2.45, 2.75) is 6.92 Å². The summed E-state index contributed by atoms with van der Waals surface area (Å²) in [6, 6.07) is 0. The van der Waals surface area contributed by atoms with E-state index in [-0.39, 0.29) is 0 Å². The molecular formula is C3H4N3Si. The highest BCUT2D eigenvalue weighted by molar-refractivity contribution is 6.31. The predicted octanol–water partition coefficient (Wildman–Crippen LogP) is -1.09. The van der Waals surface area contributed by atoms with Crippen LogP contribution in [0.4, 0.5) is 0 Å². The topological polar surface area (TPSA) is 41.6 Å². The van der Waals surface area contributed by atoms with Crippen LogP contribution in [0.5, 0.6) is 0 Å². The Labute approximate surface area is 44.6 Å². The van der Waals surface area contributed by atoms with Crippen molar-refractivity contribution in [3.05, 3.63) is 5.69 Å². The Balaban J connectivity index is 3.12. The van der Waals surface area contributed by atoms with Crippen LogP contribution in [0, 0.1) is 6.92 Å². The third kappa shape index (κ3) is 0.689. The van der Waals surface area contributed by atoms with Gasteiger partial charge in [0.15, 0.2) is 0 Å². The lowest BCUT2D eigenvalue weighted by molar-refractivity contribution is 0.932. The molecule has 0 bridgehead atoms. The lowest BCUT2D eigenvalue weighted by atomic mass is 10.6. The largest absolute Gasteiger partial charge is 0.198 e. The van der Waals surface area contributed by atoms with Gasteiger partial charge in [0.25, 0.3) is 0 Å². The Bertz CT molecular complexity index is 142. The number of H-pyrrole nitrogens is 1. The molecule has 0 amide bonds. The highest BCUT2D eigenvalue weighted by Gasteiger charge is 1.90. The van der Waals surface area contributed by atoms with Gasteiger partial charge >= 0.3 is 0 Å². The van der Waals surface area contributed by atoms with Gasteiger partial charge < -0.3 is 0 Å². The molecule has 0 aliphatic heterocycles. The summed E-state index contributed by atoms with van der Waals surface area (Å²) in [5.74, 6) is 0. The molecule has 0 aromatic carbocycles. The maximum Gasteiger partial charge on any atom is 0.105 e. The second-order valence-electron chi connectivity index (χ2n) is 1.26. The van der Waals surface area contributed by atoms with Gasteiger partial charge in [-0.15, -0.1) is 0 Å². The van der Waals surface area contributed by atoms with Crippen LogP contribution in [0.3, 0.4) is 0 Å². The second-order valence-corrected chi connectivity index (χ2v) is 1.73. The maximum atomic E-state index is 3.73. The molecule has 7 heavy (non-hydrogen) atoms. The van der Waals surface area contributed by atoms with Crippen molar-refractivity contribution in [1.82, 2.24) is 15.4 Å². The summed E-state index contributed by atoms with van der Waals surface area (Å²) < 4.78 is 0. The van der Waals surface area contributed by atoms with Gasteiger partial charge in [-0.05, 0) is 6.92 Å². The Morgan fingerprint density at radius 1 is 1.57 bits per heavy atom. The lowest BCUT2D eigenvalue weighted by Gasteiger charge is -1.73. The van der Waals surface area contributed by atoms with Gasteiger partial charge in [-0.25, -0.2) is 0 Å².